The maximum atomic E-state index is 12.0. The summed E-state index contributed by atoms with van der Waals surface area (Å²) in [5.41, 5.74) is 1.59. The van der Waals surface area contributed by atoms with Crippen LogP contribution in [0.4, 0.5) is 10.5 Å². The van der Waals surface area contributed by atoms with Crippen LogP contribution in [0, 0.1) is 6.92 Å². The van der Waals surface area contributed by atoms with E-state index in [-0.39, 0.29) is 11.9 Å². The number of hydrogen-bond donors (Lipinski definition) is 3. The molecule has 3 N–H and O–H groups in total. The van der Waals surface area contributed by atoms with Gasteiger partial charge in [-0.05, 0) is 57.9 Å². The molecule has 0 aliphatic rings. The van der Waals surface area contributed by atoms with Crippen LogP contribution in [-0.2, 0) is 4.79 Å². The minimum absolute atomic E-state index is 0.0866. The fourth-order valence-corrected chi connectivity index (χ4v) is 1.94. The van der Waals surface area contributed by atoms with Crippen LogP contribution in [0.2, 0.25) is 0 Å². The molecule has 0 heterocycles. The fourth-order valence-electron chi connectivity index (χ4n) is 1.94. The van der Waals surface area contributed by atoms with Gasteiger partial charge in [0.15, 0.2) is 0 Å². The second-order valence-corrected chi connectivity index (χ2v) is 5.55. The number of anilines is 1. The van der Waals surface area contributed by atoms with Crippen LogP contribution in [0.3, 0.4) is 0 Å². The summed E-state index contributed by atoms with van der Waals surface area (Å²) in [5, 5.41) is 8.17. The van der Waals surface area contributed by atoms with Crippen molar-refractivity contribution in [3.05, 3.63) is 23.8 Å². The molecule has 2 atom stereocenters. The average Bonchev–Trinajstić information content (AvgIpc) is 2.49. The SMILES string of the molecule is CCOc1ccc(NC(=O)N[C@H](C)C(=O)N[C@@H](C)CC)cc1C. The number of aryl methyl sites for hydroxylation is 1. The molecule has 6 heteroatoms. The summed E-state index contributed by atoms with van der Waals surface area (Å²) in [6, 6.07) is 4.47. The van der Waals surface area contributed by atoms with Gasteiger partial charge >= 0.3 is 6.03 Å². The van der Waals surface area contributed by atoms with Crippen molar-refractivity contribution in [3.8, 4) is 5.75 Å². The Labute approximate surface area is 138 Å². The number of ether oxygens (including phenoxy) is 1. The third-order valence-corrected chi connectivity index (χ3v) is 3.47. The van der Waals surface area contributed by atoms with Crippen molar-refractivity contribution >= 4 is 17.6 Å². The van der Waals surface area contributed by atoms with E-state index in [1.54, 1.807) is 13.0 Å². The highest BCUT2D eigenvalue weighted by atomic mass is 16.5. The lowest BCUT2D eigenvalue weighted by Crippen LogP contribution is -2.48. The van der Waals surface area contributed by atoms with Crippen LogP contribution < -0.4 is 20.7 Å². The first-order chi connectivity index (χ1) is 10.9. The quantitative estimate of drug-likeness (QED) is 0.722. The number of nitrogens with one attached hydrogen (secondary N) is 3. The summed E-state index contributed by atoms with van der Waals surface area (Å²) < 4.78 is 5.46. The van der Waals surface area contributed by atoms with Crippen molar-refractivity contribution in [1.29, 1.82) is 0 Å². The van der Waals surface area contributed by atoms with E-state index in [9.17, 15) is 9.59 Å². The van der Waals surface area contributed by atoms with Crippen LogP contribution in [0.5, 0.6) is 5.75 Å². The van der Waals surface area contributed by atoms with E-state index in [4.69, 9.17) is 4.74 Å². The van der Waals surface area contributed by atoms with E-state index in [0.29, 0.717) is 12.3 Å². The Hall–Kier alpha value is -2.24. The van der Waals surface area contributed by atoms with Crippen molar-refractivity contribution in [2.24, 2.45) is 0 Å². The number of rotatable bonds is 7. The maximum Gasteiger partial charge on any atom is 0.319 e. The Kier molecular flexibility index (Phi) is 7.38. The van der Waals surface area contributed by atoms with Gasteiger partial charge < -0.3 is 20.7 Å². The van der Waals surface area contributed by atoms with E-state index in [1.165, 1.54) is 0 Å². The summed E-state index contributed by atoms with van der Waals surface area (Å²) in [6.07, 6.45) is 0.843. The zero-order chi connectivity index (χ0) is 17.4. The Morgan fingerprint density at radius 2 is 1.87 bits per heavy atom. The maximum absolute atomic E-state index is 12.0. The molecule has 0 aliphatic carbocycles. The number of carbonyl (C=O) groups excluding carboxylic acids is 2. The molecular weight excluding hydrogens is 294 g/mol. The number of hydrogen-bond acceptors (Lipinski definition) is 3. The van der Waals surface area contributed by atoms with Gasteiger partial charge in [-0.1, -0.05) is 6.92 Å². The molecule has 0 aliphatic heterocycles. The second-order valence-electron chi connectivity index (χ2n) is 5.55. The van der Waals surface area contributed by atoms with Gasteiger partial charge in [0.2, 0.25) is 5.91 Å². The second kappa shape index (κ2) is 9.02. The largest absolute Gasteiger partial charge is 0.494 e. The first-order valence-electron chi connectivity index (χ1n) is 7.98. The standard InChI is InChI=1S/C17H27N3O3/c1-6-12(4)18-16(21)13(5)19-17(22)20-14-8-9-15(23-7-2)11(3)10-14/h8-10,12-13H,6-7H2,1-5H3,(H,18,21)(H2,19,20,22)/t12-,13+/m0/s1. The molecule has 6 nitrogen and oxygen atoms in total. The molecule has 0 saturated heterocycles. The van der Waals surface area contributed by atoms with Gasteiger partial charge in [-0.2, -0.15) is 0 Å². The molecule has 0 spiro atoms. The third kappa shape index (κ3) is 6.18. The summed E-state index contributed by atoms with van der Waals surface area (Å²) in [6.45, 7) is 10.00. The van der Waals surface area contributed by atoms with Gasteiger partial charge in [0.25, 0.3) is 0 Å². The van der Waals surface area contributed by atoms with Crippen molar-refractivity contribution in [3.63, 3.8) is 0 Å². The van der Waals surface area contributed by atoms with E-state index >= 15 is 0 Å². The first-order valence-corrected chi connectivity index (χ1v) is 7.98. The normalized spacial score (nSPS) is 12.9. The zero-order valence-electron chi connectivity index (χ0n) is 14.5. The van der Waals surface area contributed by atoms with Crippen molar-refractivity contribution in [2.75, 3.05) is 11.9 Å². The van der Waals surface area contributed by atoms with E-state index in [0.717, 1.165) is 17.7 Å². The molecule has 0 bridgehead atoms. The Balaban J connectivity index is 2.56. The molecule has 1 aromatic carbocycles. The number of benzene rings is 1. The van der Waals surface area contributed by atoms with Crippen LogP contribution in [0.15, 0.2) is 18.2 Å². The molecule has 0 saturated carbocycles. The van der Waals surface area contributed by atoms with Crippen LogP contribution >= 0.6 is 0 Å². The van der Waals surface area contributed by atoms with E-state index in [2.05, 4.69) is 16.0 Å². The molecule has 0 unspecified atom stereocenters. The van der Waals surface area contributed by atoms with Crippen LogP contribution in [0.1, 0.15) is 39.7 Å². The van der Waals surface area contributed by atoms with Gasteiger partial charge in [-0.3, -0.25) is 4.79 Å². The third-order valence-electron chi connectivity index (χ3n) is 3.47. The molecule has 1 aromatic rings. The summed E-state index contributed by atoms with van der Waals surface area (Å²) >= 11 is 0. The lowest BCUT2D eigenvalue weighted by atomic mass is 10.2. The smallest absolute Gasteiger partial charge is 0.319 e. The highest BCUT2D eigenvalue weighted by molar-refractivity contribution is 5.93. The summed E-state index contributed by atoms with van der Waals surface area (Å²) in [4.78, 5) is 23.9. The molecule has 0 fully saturated rings. The lowest BCUT2D eigenvalue weighted by molar-refractivity contribution is -0.123. The summed E-state index contributed by atoms with van der Waals surface area (Å²) in [7, 11) is 0. The predicted molar refractivity (Wildman–Crippen MR) is 91.9 cm³/mol. The van der Waals surface area contributed by atoms with Gasteiger partial charge in [-0.25, -0.2) is 4.79 Å². The molecule has 0 radical (unpaired) electrons. The minimum Gasteiger partial charge on any atom is -0.494 e. The van der Waals surface area contributed by atoms with Crippen molar-refractivity contribution < 1.29 is 14.3 Å². The predicted octanol–water partition coefficient (Wildman–Crippen LogP) is 2.82. The van der Waals surface area contributed by atoms with Crippen molar-refractivity contribution in [2.45, 2.75) is 53.1 Å². The minimum atomic E-state index is -0.604. The lowest BCUT2D eigenvalue weighted by Gasteiger charge is -2.18. The number of carbonyl (C=O) groups is 2. The van der Waals surface area contributed by atoms with Gasteiger partial charge in [0.05, 0.1) is 6.61 Å². The Morgan fingerprint density at radius 1 is 1.17 bits per heavy atom. The van der Waals surface area contributed by atoms with Gasteiger partial charge in [-0.15, -0.1) is 0 Å². The molecule has 1 rings (SSSR count). The Morgan fingerprint density at radius 3 is 2.43 bits per heavy atom. The molecular formula is C17H27N3O3. The van der Waals surface area contributed by atoms with Gasteiger partial charge in [0, 0.05) is 11.7 Å². The molecule has 23 heavy (non-hydrogen) atoms. The first kappa shape index (κ1) is 18.8. The van der Waals surface area contributed by atoms with Crippen LogP contribution in [-0.4, -0.2) is 30.6 Å². The van der Waals surface area contributed by atoms with Gasteiger partial charge in [0.1, 0.15) is 11.8 Å². The van der Waals surface area contributed by atoms with Crippen molar-refractivity contribution in [1.82, 2.24) is 10.6 Å². The van der Waals surface area contributed by atoms with Crippen LogP contribution in [0.25, 0.3) is 0 Å². The van der Waals surface area contributed by atoms with E-state index in [1.807, 2.05) is 39.8 Å². The topological polar surface area (TPSA) is 79.5 Å². The highest BCUT2D eigenvalue weighted by Crippen LogP contribution is 2.21. The average molecular weight is 321 g/mol. The summed E-state index contributed by atoms with van der Waals surface area (Å²) in [5.74, 6) is 0.595. The molecule has 3 amide bonds. The fraction of sp³-hybridized carbons (Fsp3) is 0.529. The number of urea groups is 1. The monoisotopic (exact) mass is 321 g/mol. The Bertz CT molecular complexity index is 546. The molecule has 128 valence electrons. The molecule has 0 aromatic heterocycles. The number of amides is 3. The van der Waals surface area contributed by atoms with E-state index < -0.39 is 12.1 Å². The highest BCUT2D eigenvalue weighted by Gasteiger charge is 2.17. The zero-order valence-corrected chi connectivity index (χ0v) is 14.5.